The van der Waals surface area contributed by atoms with Gasteiger partial charge in [-0.15, -0.1) is 0 Å². The molecule has 0 radical (unpaired) electrons. The summed E-state index contributed by atoms with van der Waals surface area (Å²) in [4.78, 5) is 0. The molecule has 1 aliphatic heterocycles. The normalized spacial score (nSPS) is 23.6. The minimum absolute atomic E-state index is 0.158. The molecule has 0 fully saturated rings. The van der Waals surface area contributed by atoms with Crippen LogP contribution in [-0.2, 0) is 0 Å². The number of fused-ring (bicyclic) bond motifs is 1. The molecule has 0 amide bonds. The Morgan fingerprint density at radius 1 is 1.27 bits per heavy atom. The van der Waals surface area contributed by atoms with E-state index in [1.54, 1.807) is 14.2 Å². The van der Waals surface area contributed by atoms with E-state index in [0.29, 0.717) is 0 Å². The van der Waals surface area contributed by atoms with Crippen molar-refractivity contribution in [2.24, 2.45) is 0 Å². The lowest BCUT2D eigenvalue weighted by atomic mass is 9.86. The highest BCUT2D eigenvalue weighted by Crippen LogP contribution is 2.47. The fourth-order valence-corrected chi connectivity index (χ4v) is 2.98. The molecule has 0 saturated heterocycles. The lowest BCUT2D eigenvalue weighted by Gasteiger charge is -2.40. The molecule has 0 spiro atoms. The second-order valence-electron chi connectivity index (χ2n) is 6.21. The minimum atomic E-state index is -0.158. The van der Waals surface area contributed by atoms with Crippen LogP contribution in [0.2, 0.25) is 0 Å². The maximum atomic E-state index is 6.29. The molecule has 4 nitrogen and oxygen atoms in total. The van der Waals surface area contributed by atoms with Gasteiger partial charge in [0.25, 0.3) is 0 Å². The lowest BCUT2D eigenvalue weighted by molar-refractivity contribution is 0.0429. The number of benzene rings is 1. The molecule has 0 aromatic heterocycles. The topological polar surface area (TPSA) is 39.7 Å². The molecule has 2 atom stereocenters. The first-order valence-electron chi connectivity index (χ1n) is 8.25. The Kier molecular flexibility index (Phi) is 5.57. The third kappa shape index (κ3) is 3.49. The van der Waals surface area contributed by atoms with Crippen molar-refractivity contribution < 1.29 is 14.2 Å². The van der Waals surface area contributed by atoms with E-state index in [0.717, 1.165) is 42.2 Å². The van der Waals surface area contributed by atoms with Gasteiger partial charge in [0.1, 0.15) is 22.8 Å². The average Bonchev–Trinajstić information content (AvgIpc) is 2.53. The van der Waals surface area contributed by atoms with Crippen molar-refractivity contribution in [2.75, 3.05) is 20.8 Å². The Hall–Kier alpha value is -1.42. The summed E-state index contributed by atoms with van der Waals surface area (Å²) in [5.74, 6) is 2.48. The van der Waals surface area contributed by atoms with Crippen LogP contribution < -0.4 is 19.5 Å². The molecule has 1 aromatic carbocycles. The highest BCUT2D eigenvalue weighted by molar-refractivity contribution is 5.53. The van der Waals surface area contributed by atoms with Crippen molar-refractivity contribution in [1.29, 1.82) is 0 Å². The SMILES string of the molecule is CCCCNC1CC(C)(CC)Oc2cc(OC)cc(OC)c21. The molecule has 2 rings (SSSR count). The molecule has 1 aliphatic rings. The van der Waals surface area contributed by atoms with E-state index >= 15 is 0 Å². The van der Waals surface area contributed by atoms with Gasteiger partial charge in [0.05, 0.1) is 19.8 Å². The summed E-state index contributed by atoms with van der Waals surface area (Å²) in [6.45, 7) is 7.57. The molecule has 22 heavy (non-hydrogen) atoms. The van der Waals surface area contributed by atoms with Gasteiger partial charge in [-0.05, 0) is 26.3 Å². The Labute approximate surface area is 134 Å². The standard InChI is InChI=1S/C18H29NO3/c1-6-8-9-19-14-12-18(3,7-2)22-16-11-13(20-4)10-15(21-5)17(14)16/h10-11,14,19H,6-9,12H2,1-5H3. The van der Waals surface area contributed by atoms with Crippen molar-refractivity contribution in [3.05, 3.63) is 17.7 Å². The van der Waals surface area contributed by atoms with E-state index in [2.05, 4.69) is 26.1 Å². The maximum absolute atomic E-state index is 6.29. The van der Waals surface area contributed by atoms with Crippen LogP contribution in [0, 0.1) is 0 Å². The van der Waals surface area contributed by atoms with E-state index in [9.17, 15) is 0 Å². The van der Waals surface area contributed by atoms with E-state index < -0.39 is 0 Å². The number of rotatable bonds is 7. The summed E-state index contributed by atoms with van der Waals surface area (Å²) >= 11 is 0. The van der Waals surface area contributed by atoms with Gasteiger partial charge in [-0.3, -0.25) is 0 Å². The Morgan fingerprint density at radius 2 is 2.05 bits per heavy atom. The number of methoxy groups -OCH3 is 2. The van der Waals surface area contributed by atoms with Crippen molar-refractivity contribution in [3.8, 4) is 17.2 Å². The van der Waals surface area contributed by atoms with Crippen LogP contribution in [0.3, 0.4) is 0 Å². The van der Waals surface area contributed by atoms with Gasteiger partial charge in [-0.1, -0.05) is 20.3 Å². The molecule has 0 saturated carbocycles. The van der Waals surface area contributed by atoms with Crippen LogP contribution >= 0.6 is 0 Å². The third-order valence-electron chi connectivity index (χ3n) is 4.54. The zero-order valence-electron chi connectivity index (χ0n) is 14.5. The van der Waals surface area contributed by atoms with Gasteiger partial charge in [0, 0.05) is 24.6 Å². The predicted octanol–water partition coefficient (Wildman–Crippen LogP) is 4.09. The van der Waals surface area contributed by atoms with Gasteiger partial charge in [0.15, 0.2) is 0 Å². The Bertz CT molecular complexity index is 503. The zero-order valence-corrected chi connectivity index (χ0v) is 14.5. The molecular formula is C18H29NO3. The smallest absolute Gasteiger partial charge is 0.132 e. The number of hydrogen-bond acceptors (Lipinski definition) is 4. The Balaban J connectivity index is 2.40. The van der Waals surface area contributed by atoms with Crippen molar-refractivity contribution in [1.82, 2.24) is 5.32 Å². The van der Waals surface area contributed by atoms with E-state index in [1.165, 1.54) is 12.8 Å². The quantitative estimate of drug-likeness (QED) is 0.770. The highest BCUT2D eigenvalue weighted by atomic mass is 16.5. The first-order valence-corrected chi connectivity index (χ1v) is 8.25. The first kappa shape index (κ1) is 16.9. The number of ether oxygens (including phenoxy) is 3. The van der Waals surface area contributed by atoms with Gasteiger partial charge >= 0.3 is 0 Å². The summed E-state index contributed by atoms with van der Waals surface area (Å²) in [6.07, 6.45) is 4.28. The second kappa shape index (κ2) is 7.23. The van der Waals surface area contributed by atoms with E-state index in [1.807, 2.05) is 12.1 Å². The van der Waals surface area contributed by atoms with Gasteiger partial charge in [-0.2, -0.15) is 0 Å². The molecule has 124 valence electrons. The van der Waals surface area contributed by atoms with Crippen LogP contribution in [0.4, 0.5) is 0 Å². The molecule has 1 heterocycles. The van der Waals surface area contributed by atoms with Gasteiger partial charge in [0.2, 0.25) is 0 Å². The van der Waals surface area contributed by atoms with Gasteiger partial charge in [-0.25, -0.2) is 0 Å². The Morgan fingerprint density at radius 3 is 2.64 bits per heavy atom. The fraction of sp³-hybridized carbons (Fsp3) is 0.667. The highest BCUT2D eigenvalue weighted by Gasteiger charge is 2.38. The van der Waals surface area contributed by atoms with Crippen molar-refractivity contribution >= 4 is 0 Å². The van der Waals surface area contributed by atoms with Crippen LogP contribution in [-0.4, -0.2) is 26.4 Å². The number of nitrogens with one attached hydrogen (secondary N) is 1. The lowest BCUT2D eigenvalue weighted by Crippen LogP contribution is -2.41. The van der Waals surface area contributed by atoms with E-state index in [-0.39, 0.29) is 11.6 Å². The molecule has 0 bridgehead atoms. The molecular weight excluding hydrogens is 278 g/mol. The third-order valence-corrected chi connectivity index (χ3v) is 4.54. The summed E-state index contributed by atoms with van der Waals surface area (Å²) < 4.78 is 17.3. The summed E-state index contributed by atoms with van der Waals surface area (Å²) in [6, 6.07) is 4.16. The summed E-state index contributed by atoms with van der Waals surface area (Å²) in [5.41, 5.74) is 0.958. The van der Waals surface area contributed by atoms with Crippen molar-refractivity contribution in [2.45, 2.75) is 58.1 Å². The first-order chi connectivity index (χ1) is 10.6. The summed E-state index contributed by atoms with van der Waals surface area (Å²) in [7, 11) is 3.37. The monoisotopic (exact) mass is 307 g/mol. The van der Waals surface area contributed by atoms with Crippen LogP contribution in [0.15, 0.2) is 12.1 Å². The molecule has 4 heteroatoms. The zero-order chi connectivity index (χ0) is 16.2. The van der Waals surface area contributed by atoms with Crippen LogP contribution in [0.5, 0.6) is 17.2 Å². The minimum Gasteiger partial charge on any atom is -0.496 e. The van der Waals surface area contributed by atoms with Crippen molar-refractivity contribution in [3.63, 3.8) is 0 Å². The average molecular weight is 307 g/mol. The molecule has 1 aromatic rings. The van der Waals surface area contributed by atoms with Crippen LogP contribution in [0.25, 0.3) is 0 Å². The molecule has 1 N–H and O–H groups in total. The summed E-state index contributed by atoms with van der Waals surface area (Å²) in [5, 5.41) is 3.68. The van der Waals surface area contributed by atoms with Crippen LogP contribution in [0.1, 0.15) is 58.1 Å². The van der Waals surface area contributed by atoms with E-state index in [4.69, 9.17) is 14.2 Å². The maximum Gasteiger partial charge on any atom is 0.132 e. The van der Waals surface area contributed by atoms with Gasteiger partial charge < -0.3 is 19.5 Å². The molecule has 0 aliphatic carbocycles. The second-order valence-corrected chi connectivity index (χ2v) is 6.21. The molecule has 2 unspecified atom stereocenters. The number of hydrogen-bond donors (Lipinski definition) is 1. The fourth-order valence-electron chi connectivity index (χ4n) is 2.98. The largest absolute Gasteiger partial charge is 0.496 e. The number of unbranched alkanes of at least 4 members (excludes halogenated alkanes) is 1. The predicted molar refractivity (Wildman–Crippen MR) is 89.1 cm³/mol.